The molecule has 12 heteroatoms. The fourth-order valence-corrected chi connectivity index (χ4v) is 3.89. The molecule has 0 aliphatic carbocycles. The number of nitrogen functional groups attached to an aromatic ring is 2. The normalized spacial score (nSPS) is 10.9. The summed E-state index contributed by atoms with van der Waals surface area (Å²) in [5.41, 5.74) is 10.6. The molecule has 0 amide bonds. The van der Waals surface area contributed by atoms with Crippen LogP contribution in [0.3, 0.4) is 0 Å². The van der Waals surface area contributed by atoms with Crippen molar-refractivity contribution in [3.8, 4) is 0 Å². The lowest BCUT2D eigenvalue weighted by Crippen LogP contribution is -2.06. The van der Waals surface area contributed by atoms with E-state index in [-0.39, 0.29) is 10.8 Å². The van der Waals surface area contributed by atoms with Crippen molar-refractivity contribution in [2.45, 2.75) is 9.79 Å². The molecule has 0 unspecified atom stereocenters. The minimum atomic E-state index is -4.74. The van der Waals surface area contributed by atoms with Gasteiger partial charge in [-0.2, -0.15) is 0 Å². The van der Waals surface area contributed by atoms with E-state index in [9.17, 15) is 25.9 Å². The summed E-state index contributed by atoms with van der Waals surface area (Å²) in [6, 6.07) is 18.2. The number of aromatic nitrogens is 2. The Labute approximate surface area is 185 Å². The van der Waals surface area contributed by atoms with Crippen LogP contribution in [0.1, 0.15) is 0 Å². The average molecular weight is 477 g/mol. The van der Waals surface area contributed by atoms with Gasteiger partial charge >= 0.3 is 0 Å². The molecule has 0 aliphatic heterocycles. The molecular weight excluding hydrogens is 456 g/mol. The van der Waals surface area contributed by atoms with Gasteiger partial charge in [0, 0.05) is 22.9 Å². The van der Waals surface area contributed by atoms with Crippen LogP contribution in [0, 0.1) is 0 Å². The molecule has 0 saturated heterocycles. The van der Waals surface area contributed by atoms with Crippen molar-refractivity contribution >= 4 is 42.6 Å². The van der Waals surface area contributed by atoms with Crippen LogP contribution < -0.4 is 21.4 Å². The van der Waals surface area contributed by atoms with E-state index in [4.69, 9.17) is 11.5 Å². The Balaban J connectivity index is 0.000000211. The first-order valence-electron chi connectivity index (χ1n) is 8.88. The zero-order valence-corrected chi connectivity index (χ0v) is 18.1. The molecule has 0 bridgehead atoms. The number of H-pyrrole nitrogens is 2. The van der Waals surface area contributed by atoms with Gasteiger partial charge in [0.1, 0.15) is 20.2 Å². The number of hydrogen-bond acceptors (Lipinski definition) is 8. The molecular formula is C20H20N4O6S2. The Kier molecular flexibility index (Phi) is 8.21. The maximum absolute atomic E-state index is 11.0. The number of pyridine rings is 2. The van der Waals surface area contributed by atoms with E-state index < -0.39 is 30.0 Å². The number of hydrogen-bond donors (Lipinski definition) is 2. The van der Waals surface area contributed by atoms with Crippen molar-refractivity contribution in [3.05, 3.63) is 85.2 Å². The van der Waals surface area contributed by atoms with Gasteiger partial charge in [-0.3, -0.25) is 11.5 Å². The minimum absolute atomic E-state index is 0.0792. The molecule has 6 N–H and O–H groups in total. The van der Waals surface area contributed by atoms with Gasteiger partial charge in [0.25, 0.3) is 11.6 Å². The van der Waals surface area contributed by atoms with Crippen molar-refractivity contribution < 1.29 is 35.9 Å². The number of benzene rings is 2. The molecule has 2 aromatic heterocycles. The number of rotatable bonds is 2. The van der Waals surface area contributed by atoms with E-state index >= 15 is 0 Å². The highest BCUT2D eigenvalue weighted by molar-refractivity contribution is 7.86. The maximum atomic E-state index is 11.0. The smallest absolute Gasteiger partial charge is 0.269 e. The fourth-order valence-electron chi connectivity index (χ4n) is 2.50. The average Bonchev–Trinajstić information content (AvgIpc) is 2.73. The lowest BCUT2D eigenvalue weighted by Gasteiger charge is -2.14. The molecule has 32 heavy (non-hydrogen) atoms. The molecule has 0 radical (unpaired) electrons. The van der Waals surface area contributed by atoms with Crippen LogP contribution in [0.25, 0.3) is 10.8 Å². The van der Waals surface area contributed by atoms with E-state index in [1.165, 1.54) is 24.3 Å². The third kappa shape index (κ3) is 7.28. The number of nitrogens with two attached hydrogens (primary N) is 2. The Morgan fingerprint density at radius 1 is 0.562 bits per heavy atom. The minimum Gasteiger partial charge on any atom is -0.744 e. The van der Waals surface area contributed by atoms with Crippen molar-refractivity contribution in [3.63, 3.8) is 0 Å². The van der Waals surface area contributed by atoms with Crippen LogP contribution in [-0.2, 0) is 20.2 Å². The van der Waals surface area contributed by atoms with Gasteiger partial charge in [-0.25, -0.2) is 26.8 Å². The van der Waals surface area contributed by atoms with E-state index in [2.05, 4.69) is 9.97 Å². The summed E-state index contributed by atoms with van der Waals surface area (Å²) in [5, 5.41) is -0.158. The summed E-state index contributed by atoms with van der Waals surface area (Å²) in [6.45, 7) is 0. The first-order valence-corrected chi connectivity index (χ1v) is 11.7. The zero-order valence-electron chi connectivity index (χ0n) is 16.5. The van der Waals surface area contributed by atoms with E-state index in [1.807, 2.05) is 24.3 Å². The Hall–Kier alpha value is -3.58. The number of nitrogens with one attached hydrogen (secondary N) is 2. The molecule has 10 nitrogen and oxygen atoms in total. The quantitative estimate of drug-likeness (QED) is 0.396. The highest BCUT2D eigenvalue weighted by Gasteiger charge is 2.12. The molecule has 168 valence electrons. The van der Waals surface area contributed by atoms with E-state index in [0.717, 1.165) is 12.1 Å². The van der Waals surface area contributed by atoms with E-state index in [1.54, 1.807) is 24.5 Å². The maximum Gasteiger partial charge on any atom is 0.269 e. The lowest BCUT2D eigenvalue weighted by atomic mass is 10.1. The second-order valence-electron chi connectivity index (χ2n) is 6.15. The lowest BCUT2D eigenvalue weighted by molar-refractivity contribution is -0.360. The SMILES string of the molecule is Nc1cccc[nH+]1.Nc1cccc[nH+]1.O=S(=O)([O-])c1cccc2c(S(=O)(=O)[O-])cccc12. The third-order valence-corrected chi connectivity index (χ3v) is 5.64. The second-order valence-corrected chi connectivity index (χ2v) is 8.85. The van der Waals surface area contributed by atoms with Crippen molar-refractivity contribution in [1.82, 2.24) is 0 Å². The Bertz CT molecular complexity index is 1270. The predicted octanol–water partition coefficient (Wildman–Crippen LogP) is 0.814. The van der Waals surface area contributed by atoms with E-state index in [0.29, 0.717) is 11.6 Å². The zero-order chi connectivity index (χ0) is 23.8. The van der Waals surface area contributed by atoms with Crippen LogP contribution >= 0.6 is 0 Å². The standard InChI is InChI=1S/C10H8O6S2.2C5H6N2/c11-17(12,13)9-5-1-3-7-8(9)4-2-6-10(7)18(14,15)16;2*6-5-3-1-2-4-7-5/h1-6H,(H,11,12,13)(H,14,15,16);2*1-4H,(H2,6,7). The van der Waals surface area contributed by atoms with Crippen LogP contribution in [0.4, 0.5) is 11.6 Å². The van der Waals surface area contributed by atoms with Crippen LogP contribution in [0.5, 0.6) is 0 Å². The Morgan fingerprint density at radius 2 is 0.938 bits per heavy atom. The van der Waals surface area contributed by atoms with Crippen molar-refractivity contribution in [2.24, 2.45) is 0 Å². The molecule has 0 fully saturated rings. The molecule has 0 spiro atoms. The van der Waals surface area contributed by atoms with Gasteiger partial charge in [-0.05, 0) is 24.3 Å². The molecule has 2 heterocycles. The molecule has 2 aromatic carbocycles. The predicted molar refractivity (Wildman–Crippen MR) is 115 cm³/mol. The fraction of sp³-hybridized carbons (Fsp3) is 0. The van der Waals surface area contributed by atoms with Gasteiger partial charge in [-0.15, -0.1) is 0 Å². The van der Waals surface area contributed by atoms with Crippen molar-refractivity contribution in [2.75, 3.05) is 11.5 Å². The van der Waals surface area contributed by atoms with Gasteiger partial charge in [0.15, 0.2) is 0 Å². The van der Waals surface area contributed by atoms with Crippen molar-refractivity contribution in [1.29, 1.82) is 0 Å². The first kappa shape index (κ1) is 24.7. The Morgan fingerprint density at radius 3 is 1.16 bits per heavy atom. The highest BCUT2D eigenvalue weighted by Crippen LogP contribution is 2.27. The molecule has 4 aromatic rings. The van der Waals surface area contributed by atoms with Crippen LogP contribution in [0.2, 0.25) is 0 Å². The summed E-state index contributed by atoms with van der Waals surface area (Å²) < 4.78 is 66.1. The summed E-state index contributed by atoms with van der Waals surface area (Å²) in [5.74, 6) is 1.39. The summed E-state index contributed by atoms with van der Waals surface area (Å²) >= 11 is 0. The molecule has 4 rings (SSSR count). The number of fused-ring (bicyclic) bond motifs is 1. The first-order chi connectivity index (χ1) is 15.0. The number of aromatic amines is 2. The molecule has 0 aliphatic rings. The summed E-state index contributed by atoms with van der Waals surface area (Å²) in [7, 11) is -9.48. The largest absolute Gasteiger partial charge is 0.744 e. The van der Waals surface area contributed by atoms with Gasteiger partial charge in [0.05, 0.1) is 22.2 Å². The summed E-state index contributed by atoms with van der Waals surface area (Å²) in [4.78, 5) is 4.52. The number of anilines is 2. The monoisotopic (exact) mass is 476 g/mol. The highest BCUT2D eigenvalue weighted by atomic mass is 32.2. The second kappa shape index (κ2) is 10.6. The third-order valence-electron chi connectivity index (χ3n) is 3.85. The topological polar surface area (TPSA) is 195 Å². The van der Waals surface area contributed by atoms with Crippen LogP contribution in [0.15, 0.2) is 95.0 Å². The van der Waals surface area contributed by atoms with Crippen LogP contribution in [-0.4, -0.2) is 25.9 Å². The van der Waals surface area contributed by atoms with Gasteiger partial charge < -0.3 is 9.11 Å². The van der Waals surface area contributed by atoms with Gasteiger partial charge in [0.2, 0.25) is 0 Å². The molecule has 0 saturated carbocycles. The molecule has 0 atom stereocenters. The van der Waals surface area contributed by atoms with Gasteiger partial charge in [-0.1, -0.05) is 36.4 Å². The summed E-state index contributed by atoms with van der Waals surface area (Å²) in [6.07, 6.45) is 3.57.